The summed E-state index contributed by atoms with van der Waals surface area (Å²) < 4.78 is 0. The average Bonchev–Trinajstić information content (AvgIpc) is 3.08. The summed E-state index contributed by atoms with van der Waals surface area (Å²) in [5.41, 5.74) is 0. The lowest BCUT2D eigenvalue weighted by Crippen LogP contribution is -2.01. The van der Waals surface area contributed by atoms with Crippen molar-refractivity contribution in [1.29, 1.82) is 0 Å². The zero-order valence-corrected chi connectivity index (χ0v) is 33.7. The van der Waals surface area contributed by atoms with E-state index in [9.17, 15) is 0 Å². The topological polar surface area (TPSA) is 0 Å². The van der Waals surface area contributed by atoms with E-state index in [4.69, 9.17) is 0 Å². The molecule has 0 aromatic carbocycles. The monoisotopic (exact) mass is 660 g/mol. The van der Waals surface area contributed by atoms with Crippen LogP contribution in [-0.4, -0.2) is 0 Å². The van der Waals surface area contributed by atoms with E-state index >= 15 is 0 Å². The minimum absolute atomic E-state index is 0.994. The van der Waals surface area contributed by atoms with Crippen LogP contribution in [0.1, 0.15) is 290 Å². The van der Waals surface area contributed by atoms with Gasteiger partial charge < -0.3 is 0 Å². The lowest BCUT2D eigenvalue weighted by Gasteiger charge is -2.16. The van der Waals surface area contributed by atoms with E-state index in [0.717, 1.165) is 12.3 Å². The second kappa shape index (κ2) is 44.0. The van der Waals surface area contributed by atoms with E-state index in [-0.39, 0.29) is 0 Å². The first-order valence-electron chi connectivity index (χ1n) is 23.1. The van der Waals surface area contributed by atoms with Gasteiger partial charge in [-0.25, -0.2) is 0 Å². The molecule has 0 heterocycles. The molecule has 0 aromatic heterocycles. The van der Waals surface area contributed by atoms with Crippen LogP contribution in [0.3, 0.4) is 0 Å². The Kier molecular flexibility index (Phi) is 44.0. The van der Waals surface area contributed by atoms with Crippen LogP contribution in [0, 0.1) is 12.8 Å². The van der Waals surface area contributed by atoms with Gasteiger partial charge in [0.2, 0.25) is 0 Å². The molecule has 0 fully saturated rings. The molecular weight excluding hydrogens is 565 g/mol. The molecule has 0 saturated carbocycles. The summed E-state index contributed by atoms with van der Waals surface area (Å²) in [6.45, 7) is 8.76. The Labute approximate surface area is 302 Å². The lowest BCUT2D eigenvalue weighted by molar-refractivity contribution is 0.372. The molecule has 0 aliphatic rings. The minimum atomic E-state index is 0.994. The van der Waals surface area contributed by atoms with Crippen LogP contribution in [-0.2, 0) is 0 Å². The molecule has 0 bridgehead atoms. The minimum Gasteiger partial charge on any atom is -0.0654 e. The third kappa shape index (κ3) is 42.1. The van der Waals surface area contributed by atoms with Crippen molar-refractivity contribution >= 4 is 0 Å². The third-order valence-corrected chi connectivity index (χ3v) is 11.3. The number of unbranched alkanes of at least 4 members (excludes halogenated alkanes) is 37. The predicted octanol–water partition coefficient (Wildman–Crippen LogP) is 18.3. The van der Waals surface area contributed by atoms with Gasteiger partial charge in [0.25, 0.3) is 0 Å². The van der Waals surface area contributed by atoms with E-state index in [1.165, 1.54) is 270 Å². The standard InChI is InChI=1S/C47H95/c1-4-7-10-12-14-16-18-20-22-24-25-26-27-29-31-33-35-37-39-41-43-46-47(44-9-6-3)45-42-40-38-36-34-32-30-28-23-21-19-17-15-13-11-8-5-2/h47H,3-46H2,1-2H3. The van der Waals surface area contributed by atoms with Crippen LogP contribution in [0.25, 0.3) is 0 Å². The van der Waals surface area contributed by atoms with Crippen molar-refractivity contribution in [3.8, 4) is 0 Å². The van der Waals surface area contributed by atoms with Gasteiger partial charge in [-0.15, -0.1) is 0 Å². The summed E-state index contributed by atoms with van der Waals surface area (Å²) in [6.07, 6.45) is 63.1. The lowest BCUT2D eigenvalue weighted by atomic mass is 9.90. The molecule has 0 nitrogen and oxygen atoms in total. The summed E-state index contributed by atoms with van der Waals surface area (Å²) in [6, 6.07) is 0. The molecule has 0 N–H and O–H groups in total. The van der Waals surface area contributed by atoms with Crippen LogP contribution < -0.4 is 0 Å². The SMILES string of the molecule is [CH2]CCCC(CCCCCCCCCCCCCCCCCCC)CCCCCCCCCCCCCCCCCCCCCCC. The van der Waals surface area contributed by atoms with Gasteiger partial charge in [0.05, 0.1) is 0 Å². The van der Waals surface area contributed by atoms with Crippen molar-refractivity contribution < 1.29 is 0 Å². The Morgan fingerprint density at radius 3 is 0.596 bits per heavy atom. The second-order valence-electron chi connectivity index (χ2n) is 16.2. The van der Waals surface area contributed by atoms with E-state index in [2.05, 4.69) is 20.8 Å². The van der Waals surface area contributed by atoms with Crippen LogP contribution in [0.5, 0.6) is 0 Å². The molecule has 283 valence electrons. The summed E-state index contributed by atoms with van der Waals surface area (Å²) in [4.78, 5) is 0. The zero-order valence-electron chi connectivity index (χ0n) is 33.7. The van der Waals surface area contributed by atoms with Crippen LogP contribution in [0.2, 0.25) is 0 Å². The fraction of sp³-hybridized carbons (Fsp3) is 0.979. The van der Waals surface area contributed by atoms with Crippen LogP contribution in [0.4, 0.5) is 0 Å². The van der Waals surface area contributed by atoms with Gasteiger partial charge in [-0.05, 0) is 5.92 Å². The van der Waals surface area contributed by atoms with Gasteiger partial charge in [0, 0.05) is 0 Å². The smallest absolute Gasteiger partial charge is 0.0414 e. The first-order chi connectivity index (χ1) is 23.3. The molecule has 1 radical (unpaired) electrons. The van der Waals surface area contributed by atoms with Crippen molar-refractivity contribution in [2.45, 2.75) is 290 Å². The Hall–Kier alpha value is 0. The molecule has 47 heavy (non-hydrogen) atoms. The van der Waals surface area contributed by atoms with Gasteiger partial charge >= 0.3 is 0 Å². The molecule has 1 unspecified atom stereocenters. The third-order valence-electron chi connectivity index (χ3n) is 11.3. The Morgan fingerprint density at radius 1 is 0.234 bits per heavy atom. The van der Waals surface area contributed by atoms with Gasteiger partial charge in [0.15, 0.2) is 0 Å². The van der Waals surface area contributed by atoms with Gasteiger partial charge in [-0.1, -0.05) is 297 Å². The van der Waals surface area contributed by atoms with Crippen molar-refractivity contribution in [2.24, 2.45) is 5.92 Å². The van der Waals surface area contributed by atoms with Crippen LogP contribution >= 0.6 is 0 Å². The first kappa shape index (κ1) is 47.0. The molecular formula is C47H95. The number of hydrogen-bond acceptors (Lipinski definition) is 0. The fourth-order valence-electron chi connectivity index (χ4n) is 7.89. The highest BCUT2D eigenvalue weighted by molar-refractivity contribution is 4.62. The Morgan fingerprint density at radius 2 is 0.404 bits per heavy atom. The fourth-order valence-corrected chi connectivity index (χ4v) is 7.89. The second-order valence-corrected chi connectivity index (χ2v) is 16.2. The first-order valence-corrected chi connectivity index (χ1v) is 23.1. The van der Waals surface area contributed by atoms with Crippen LogP contribution in [0.15, 0.2) is 0 Å². The van der Waals surface area contributed by atoms with E-state index in [1.54, 1.807) is 0 Å². The van der Waals surface area contributed by atoms with Gasteiger partial charge in [-0.3, -0.25) is 0 Å². The van der Waals surface area contributed by atoms with Gasteiger partial charge in [0.1, 0.15) is 0 Å². The summed E-state index contributed by atoms with van der Waals surface area (Å²) >= 11 is 0. The van der Waals surface area contributed by atoms with Crippen molar-refractivity contribution in [3.63, 3.8) is 0 Å². The largest absolute Gasteiger partial charge is 0.0654 e. The molecule has 0 rings (SSSR count). The molecule has 0 heteroatoms. The highest BCUT2D eigenvalue weighted by Gasteiger charge is 2.08. The maximum absolute atomic E-state index is 4.13. The normalized spacial score (nSPS) is 12.3. The van der Waals surface area contributed by atoms with Gasteiger partial charge in [-0.2, -0.15) is 0 Å². The molecule has 0 aromatic rings. The van der Waals surface area contributed by atoms with E-state index in [0.29, 0.717) is 0 Å². The van der Waals surface area contributed by atoms with Crippen molar-refractivity contribution in [3.05, 3.63) is 6.92 Å². The maximum Gasteiger partial charge on any atom is -0.0414 e. The maximum atomic E-state index is 4.13. The summed E-state index contributed by atoms with van der Waals surface area (Å²) in [5.74, 6) is 0.994. The van der Waals surface area contributed by atoms with E-state index in [1.807, 2.05) is 0 Å². The zero-order chi connectivity index (χ0) is 34.0. The molecule has 0 spiro atoms. The Balaban J connectivity index is 3.41. The quantitative estimate of drug-likeness (QED) is 0.0571. The van der Waals surface area contributed by atoms with Crippen molar-refractivity contribution in [1.82, 2.24) is 0 Å². The molecule has 0 saturated heterocycles. The molecule has 0 amide bonds. The molecule has 0 aliphatic heterocycles. The number of rotatable bonds is 43. The molecule has 1 atom stereocenters. The summed E-state index contributed by atoms with van der Waals surface area (Å²) in [5, 5.41) is 0. The Bertz CT molecular complexity index is 508. The summed E-state index contributed by atoms with van der Waals surface area (Å²) in [7, 11) is 0. The van der Waals surface area contributed by atoms with E-state index < -0.39 is 0 Å². The number of hydrogen-bond donors (Lipinski definition) is 0. The average molecular weight is 660 g/mol. The van der Waals surface area contributed by atoms with Crippen molar-refractivity contribution in [2.75, 3.05) is 0 Å². The molecule has 0 aliphatic carbocycles. The highest BCUT2D eigenvalue weighted by Crippen LogP contribution is 2.24. The highest BCUT2D eigenvalue weighted by atomic mass is 14.1. The predicted molar refractivity (Wildman–Crippen MR) is 219 cm³/mol.